The third-order valence-electron chi connectivity index (χ3n) is 3.44. The molecule has 7 nitrogen and oxygen atoms in total. The Bertz CT molecular complexity index is 1140. The molecule has 0 fully saturated rings. The lowest BCUT2D eigenvalue weighted by Gasteiger charge is -2.14. The van der Waals surface area contributed by atoms with Crippen LogP contribution in [0.25, 0.3) is 0 Å². The molecule has 144 valence electrons. The summed E-state index contributed by atoms with van der Waals surface area (Å²) in [5.41, 5.74) is -0.0699. The number of rotatable bonds is 5. The number of sulfonamides is 1. The van der Waals surface area contributed by atoms with Crippen molar-refractivity contribution in [1.29, 1.82) is 0 Å². The van der Waals surface area contributed by atoms with Gasteiger partial charge in [0.25, 0.3) is 15.9 Å². The van der Waals surface area contributed by atoms with Gasteiger partial charge in [-0.15, -0.1) is 0 Å². The molecule has 0 aliphatic carbocycles. The number of hydrogen-bond donors (Lipinski definition) is 2. The van der Waals surface area contributed by atoms with E-state index in [0.29, 0.717) is 0 Å². The van der Waals surface area contributed by atoms with Crippen LogP contribution in [-0.4, -0.2) is 24.3 Å². The van der Waals surface area contributed by atoms with Gasteiger partial charge in [0.15, 0.2) is 5.15 Å². The Morgan fingerprint density at radius 3 is 2.50 bits per heavy atom. The van der Waals surface area contributed by atoms with Crippen LogP contribution in [0.2, 0.25) is 10.3 Å². The van der Waals surface area contributed by atoms with Gasteiger partial charge in [0.2, 0.25) is 0 Å². The van der Waals surface area contributed by atoms with E-state index < -0.39 is 21.7 Å². The van der Waals surface area contributed by atoms with Crippen molar-refractivity contribution in [2.75, 3.05) is 10.0 Å². The zero-order valence-corrected chi connectivity index (χ0v) is 16.2. The highest BCUT2D eigenvalue weighted by atomic mass is 35.5. The summed E-state index contributed by atoms with van der Waals surface area (Å²) < 4.78 is 41.1. The molecule has 2 heterocycles. The highest BCUT2D eigenvalue weighted by Gasteiger charge is 2.22. The normalized spacial score (nSPS) is 11.1. The predicted molar refractivity (Wildman–Crippen MR) is 104 cm³/mol. The molecule has 0 saturated heterocycles. The molecule has 3 rings (SSSR count). The summed E-state index contributed by atoms with van der Waals surface area (Å²) in [6, 6.07) is 10.3. The first-order chi connectivity index (χ1) is 13.3. The van der Waals surface area contributed by atoms with Crippen molar-refractivity contribution in [3.63, 3.8) is 0 Å². The van der Waals surface area contributed by atoms with Crippen LogP contribution >= 0.6 is 23.2 Å². The van der Waals surface area contributed by atoms with E-state index in [4.69, 9.17) is 23.2 Å². The number of carbonyl (C=O) groups excluding carboxylic acids is 1. The Kier molecular flexibility index (Phi) is 5.78. The largest absolute Gasteiger partial charge is 0.319 e. The minimum atomic E-state index is -4.24. The van der Waals surface area contributed by atoms with Gasteiger partial charge in [0.05, 0.1) is 11.4 Å². The van der Waals surface area contributed by atoms with E-state index in [1.807, 2.05) is 0 Å². The molecule has 1 amide bonds. The molecule has 0 aliphatic heterocycles. The van der Waals surface area contributed by atoms with Gasteiger partial charge in [0, 0.05) is 12.3 Å². The lowest BCUT2D eigenvalue weighted by molar-refractivity contribution is 0.102. The minimum absolute atomic E-state index is 0.0121. The number of amides is 1. The molecule has 0 atom stereocenters. The second-order valence-corrected chi connectivity index (χ2v) is 7.78. The van der Waals surface area contributed by atoms with E-state index in [2.05, 4.69) is 20.0 Å². The molecule has 2 aromatic heterocycles. The standard InChI is InChI=1S/C17H11Cl2FN4O3S/c18-15-7-6-14(16(19)23-15)28(26,27)24-13-9-10(20)4-5-11(13)22-17(25)12-3-1-2-8-21-12/h1-9,24H,(H,22,25). The molecule has 3 aromatic rings. The number of nitrogens with one attached hydrogen (secondary N) is 2. The van der Waals surface area contributed by atoms with Crippen molar-refractivity contribution in [3.05, 3.63) is 76.5 Å². The number of pyridine rings is 2. The van der Waals surface area contributed by atoms with Crippen LogP contribution in [-0.2, 0) is 10.0 Å². The van der Waals surface area contributed by atoms with Gasteiger partial charge in [-0.2, -0.15) is 0 Å². The number of carbonyl (C=O) groups is 1. The van der Waals surface area contributed by atoms with Gasteiger partial charge in [-0.1, -0.05) is 29.3 Å². The second-order valence-electron chi connectivity index (χ2n) is 5.39. The van der Waals surface area contributed by atoms with Crippen LogP contribution in [0.1, 0.15) is 10.5 Å². The highest BCUT2D eigenvalue weighted by molar-refractivity contribution is 7.92. The van der Waals surface area contributed by atoms with Crippen molar-refractivity contribution in [3.8, 4) is 0 Å². The van der Waals surface area contributed by atoms with Gasteiger partial charge < -0.3 is 5.32 Å². The van der Waals surface area contributed by atoms with E-state index >= 15 is 0 Å². The van der Waals surface area contributed by atoms with Crippen LogP contribution in [0, 0.1) is 5.82 Å². The molecule has 0 spiro atoms. The number of benzene rings is 1. The first-order valence-corrected chi connectivity index (χ1v) is 9.87. The Balaban J connectivity index is 1.93. The summed E-state index contributed by atoms with van der Waals surface area (Å²) in [6.45, 7) is 0. The molecule has 0 saturated carbocycles. The smallest absolute Gasteiger partial charge is 0.274 e. The van der Waals surface area contributed by atoms with Crippen LogP contribution < -0.4 is 10.0 Å². The van der Waals surface area contributed by atoms with Gasteiger partial charge in [0.1, 0.15) is 21.6 Å². The number of nitrogens with zero attached hydrogens (tertiary/aromatic N) is 2. The Morgan fingerprint density at radius 1 is 1.04 bits per heavy atom. The molecule has 1 aromatic carbocycles. The summed E-state index contributed by atoms with van der Waals surface area (Å²) in [7, 11) is -4.24. The second kappa shape index (κ2) is 8.09. The summed E-state index contributed by atoms with van der Waals surface area (Å²) in [5, 5.41) is 2.15. The summed E-state index contributed by atoms with van der Waals surface area (Å²) in [5.74, 6) is -1.31. The molecule has 0 radical (unpaired) electrons. The topological polar surface area (TPSA) is 101 Å². The maximum Gasteiger partial charge on any atom is 0.274 e. The third-order valence-corrected chi connectivity index (χ3v) is 5.45. The monoisotopic (exact) mass is 440 g/mol. The van der Waals surface area contributed by atoms with E-state index in [-0.39, 0.29) is 32.3 Å². The Hall–Kier alpha value is -2.75. The molecule has 0 unspecified atom stereocenters. The van der Waals surface area contributed by atoms with Gasteiger partial charge >= 0.3 is 0 Å². The van der Waals surface area contributed by atoms with E-state index in [1.165, 1.54) is 24.4 Å². The molecular weight excluding hydrogens is 430 g/mol. The van der Waals surface area contributed by atoms with Crippen LogP contribution in [0.4, 0.5) is 15.8 Å². The number of hydrogen-bond acceptors (Lipinski definition) is 5. The quantitative estimate of drug-likeness (QED) is 0.584. The summed E-state index contributed by atoms with van der Waals surface area (Å²) in [4.78, 5) is 19.5. The highest BCUT2D eigenvalue weighted by Crippen LogP contribution is 2.28. The first kappa shape index (κ1) is 20.0. The molecule has 28 heavy (non-hydrogen) atoms. The fraction of sp³-hybridized carbons (Fsp3) is 0. The fourth-order valence-electron chi connectivity index (χ4n) is 2.19. The lowest BCUT2D eigenvalue weighted by atomic mass is 10.2. The molecular formula is C17H11Cl2FN4O3S. The van der Waals surface area contributed by atoms with E-state index in [1.54, 1.807) is 12.1 Å². The SMILES string of the molecule is O=C(Nc1ccc(F)cc1NS(=O)(=O)c1ccc(Cl)nc1Cl)c1ccccn1. The Labute approximate surface area is 169 Å². The summed E-state index contributed by atoms with van der Waals surface area (Å²) in [6.07, 6.45) is 1.43. The van der Waals surface area contributed by atoms with Crippen molar-refractivity contribution < 1.29 is 17.6 Å². The van der Waals surface area contributed by atoms with E-state index in [0.717, 1.165) is 18.2 Å². The molecule has 11 heteroatoms. The summed E-state index contributed by atoms with van der Waals surface area (Å²) >= 11 is 11.5. The van der Waals surface area contributed by atoms with Gasteiger partial charge in [-0.25, -0.2) is 17.8 Å². The first-order valence-electron chi connectivity index (χ1n) is 7.63. The maximum atomic E-state index is 13.7. The molecule has 2 N–H and O–H groups in total. The van der Waals surface area contributed by atoms with Gasteiger partial charge in [-0.3, -0.25) is 14.5 Å². The van der Waals surface area contributed by atoms with Crippen molar-refractivity contribution in [1.82, 2.24) is 9.97 Å². The zero-order chi connectivity index (χ0) is 20.3. The minimum Gasteiger partial charge on any atom is -0.319 e. The number of anilines is 2. The molecule has 0 bridgehead atoms. The van der Waals surface area contributed by atoms with Crippen LogP contribution in [0.5, 0.6) is 0 Å². The fourth-order valence-corrected chi connectivity index (χ4v) is 3.93. The lowest BCUT2D eigenvalue weighted by Crippen LogP contribution is -2.18. The maximum absolute atomic E-state index is 13.7. The number of aromatic nitrogens is 2. The predicted octanol–water partition coefficient (Wildman–Crippen LogP) is 3.98. The number of halogens is 3. The van der Waals surface area contributed by atoms with Crippen molar-refractivity contribution in [2.45, 2.75) is 4.90 Å². The Morgan fingerprint density at radius 2 is 1.82 bits per heavy atom. The van der Waals surface area contributed by atoms with E-state index in [9.17, 15) is 17.6 Å². The van der Waals surface area contributed by atoms with Crippen molar-refractivity contribution >= 4 is 50.5 Å². The average Bonchev–Trinajstić information content (AvgIpc) is 2.64. The van der Waals surface area contributed by atoms with Crippen molar-refractivity contribution in [2.24, 2.45) is 0 Å². The van der Waals surface area contributed by atoms with Crippen LogP contribution in [0.15, 0.2) is 59.6 Å². The third kappa shape index (κ3) is 4.56. The average molecular weight is 441 g/mol. The van der Waals surface area contributed by atoms with Gasteiger partial charge in [-0.05, 0) is 36.4 Å². The zero-order valence-electron chi connectivity index (χ0n) is 13.9. The van der Waals surface area contributed by atoms with Crippen LogP contribution in [0.3, 0.4) is 0 Å². The molecule has 0 aliphatic rings.